The first-order chi connectivity index (χ1) is 12.7. The van der Waals surface area contributed by atoms with E-state index in [4.69, 9.17) is 0 Å². The molecule has 1 saturated heterocycles. The summed E-state index contributed by atoms with van der Waals surface area (Å²) in [5.74, 6) is 0.392. The number of piperidine rings is 1. The van der Waals surface area contributed by atoms with E-state index in [1.165, 1.54) is 11.3 Å². The van der Waals surface area contributed by atoms with Crippen molar-refractivity contribution in [3.05, 3.63) is 69.8 Å². The van der Waals surface area contributed by atoms with E-state index in [0.29, 0.717) is 6.54 Å². The van der Waals surface area contributed by atoms with E-state index in [0.717, 1.165) is 48.3 Å². The molecule has 134 valence electrons. The maximum absolute atomic E-state index is 12.6. The molecule has 0 atom stereocenters. The van der Waals surface area contributed by atoms with Crippen LogP contribution < -0.4 is 4.87 Å². The van der Waals surface area contributed by atoms with Gasteiger partial charge in [0.15, 0.2) is 5.78 Å². The van der Waals surface area contributed by atoms with Gasteiger partial charge in [-0.25, -0.2) is 0 Å². The number of thiazole rings is 1. The molecule has 26 heavy (non-hydrogen) atoms. The molecule has 0 saturated carbocycles. The molecule has 5 heteroatoms. The predicted octanol–water partition coefficient (Wildman–Crippen LogP) is 3.66. The average molecular weight is 366 g/mol. The van der Waals surface area contributed by atoms with Crippen LogP contribution in [0.2, 0.25) is 0 Å². The molecule has 1 fully saturated rings. The first kappa shape index (κ1) is 17.2. The van der Waals surface area contributed by atoms with Gasteiger partial charge in [-0.05, 0) is 38.1 Å². The molecule has 2 heterocycles. The Morgan fingerprint density at radius 1 is 0.962 bits per heavy atom. The standard InChI is InChI=1S/C21H22N2O2S/c24-20(16-6-2-1-3-7-16)17-10-12-22(13-11-17)14-15-23-18-8-4-5-9-19(18)26-21(23)25/h1-9,17H,10-15H2. The number of para-hydroxylation sites is 1. The topological polar surface area (TPSA) is 42.3 Å². The molecule has 2 aromatic carbocycles. The number of rotatable bonds is 5. The summed E-state index contributed by atoms with van der Waals surface area (Å²) in [6.07, 6.45) is 1.79. The van der Waals surface area contributed by atoms with Crippen molar-refractivity contribution in [2.45, 2.75) is 19.4 Å². The van der Waals surface area contributed by atoms with Crippen molar-refractivity contribution in [3.63, 3.8) is 0 Å². The Bertz CT molecular complexity index is 953. The molecule has 3 aromatic rings. The third-order valence-electron chi connectivity index (χ3n) is 5.23. The van der Waals surface area contributed by atoms with E-state index >= 15 is 0 Å². The summed E-state index contributed by atoms with van der Waals surface area (Å²) >= 11 is 1.31. The Labute approximate surface area is 156 Å². The highest BCUT2D eigenvalue weighted by molar-refractivity contribution is 7.16. The maximum Gasteiger partial charge on any atom is 0.308 e. The largest absolute Gasteiger partial charge is 0.308 e. The number of likely N-dealkylation sites (tertiary alicyclic amines) is 1. The lowest BCUT2D eigenvalue weighted by atomic mass is 9.89. The summed E-state index contributed by atoms with van der Waals surface area (Å²) in [7, 11) is 0. The van der Waals surface area contributed by atoms with Crippen LogP contribution in [-0.4, -0.2) is 34.9 Å². The molecule has 1 aliphatic heterocycles. The maximum atomic E-state index is 12.6. The van der Waals surface area contributed by atoms with Crippen molar-refractivity contribution in [1.29, 1.82) is 0 Å². The Morgan fingerprint density at radius 3 is 2.42 bits per heavy atom. The van der Waals surface area contributed by atoms with E-state index in [9.17, 15) is 9.59 Å². The third-order valence-corrected chi connectivity index (χ3v) is 6.19. The molecule has 0 bridgehead atoms. The Hall–Kier alpha value is -2.24. The van der Waals surface area contributed by atoms with Gasteiger partial charge in [-0.3, -0.25) is 14.2 Å². The van der Waals surface area contributed by atoms with E-state index < -0.39 is 0 Å². The number of hydrogen-bond acceptors (Lipinski definition) is 4. The Morgan fingerprint density at radius 2 is 1.65 bits per heavy atom. The quantitative estimate of drug-likeness (QED) is 0.647. The van der Waals surface area contributed by atoms with Crippen LogP contribution >= 0.6 is 11.3 Å². The second kappa shape index (κ2) is 7.56. The minimum absolute atomic E-state index is 0.111. The number of carbonyl (C=O) groups is 1. The van der Waals surface area contributed by atoms with Crippen molar-refractivity contribution in [3.8, 4) is 0 Å². The number of hydrogen-bond donors (Lipinski definition) is 0. The first-order valence-electron chi connectivity index (χ1n) is 9.12. The second-order valence-electron chi connectivity index (χ2n) is 6.83. The second-order valence-corrected chi connectivity index (χ2v) is 7.83. The van der Waals surface area contributed by atoms with Crippen molar-refractivity contribution >= 4 is 27.3 Å². The minimum Gasteiger partial charge on any atom is -0.302 e. The summed E-state index contributed by atoms with van der Waals surface area (Å²) in [6.45, 7) is 3.40. The summed E-state index contributed by atoms with van der Waals surface area (Å²) in [5.41, 5.74) is 1.85. The number of ketones is 1. The van der Waals surface area contributed by atoms with Crippen LogP contribution in [0.5, 0.6) is 0 Å². The lowest BCUT2D eigenvalue weighted by Crippen LogP contribution is -2.38. The minimum atomic E-state index is 0.111. The zero-order valence-electron chi connectivity index (χ0n) is 14.6. The molecule has 4 rings (SSSR count). The van der Waals surface area contributed by atoms with Gasteiger partial charge in [0.05, 0.1) is 10.2 Å². The van der Waals surface area contributed by atoms with Crippen LogP contribution in [0.1, 0.15) is 23.2 Å². The molecular formula is C21H22N2O2S. The van der Waals surface area contributed by atoms with Crippen LogP contribution in [0, 0.1) is 5.92 Å². The van der Waals surface area contributed by atoms with Gasteiger partial charge in [-0.1, -0.05) is 53.8 Å². The molecule has 1 aliphatic rings. The lowest BCUT2D eigenvalue weighted by molar-refractivity contribution is 0.0837. The van der Waals surface area contributed by atoms with Crippen molar-refractivity contribution < 1.29 is 4.79 Å². The van der Waals surface area contributed by atoms with Crippen molar-refractivity contribution in [2.24, 2.45) is 5.92 Å². The van der Waals surface area contributed by atoms with Gasteiger partial charge in [0.2, 0.25) is 0 Å². The fraction of sp³-hybridized carbons (Fsp3) is 0.333. The van der Waals surface area contributed by atoms with Gasteiger partial charge in [-0.15, -0.1) is 0 Å². The number of carbonyl (C=O) groups excluding carboxylic acids is 1. The number of Topliss-reactive ketones (excluding diaryl/α,β-unsaturated/α-hetero) is 1. The number of aromatic nitrogens is 1. The number of nitrogens with zero attached hydrogens (tertiary/aromatic N) is 2. The van der Waals surface area contributed by atoms with Crippen LogP contribution in [0.3, 0.4) is 0 Å². The molecular weight excluding hydrogens is 344 g/mol. The smallest absolute Gasteiger partial charge is 0.302 e. The van der Waals surface area contributed by atoms with Crippen molar-refractivity contribution in [2.75, 3.05) is 19.6 Å². The van der Waals surface area contributed by atoms with Crippen LogP contribution in [0.15, 0.2) is 59.4 Å². The molecule has 0 unspecified atom stereocenters. The molecule has 4 nitrogen and oxygen atoms in total. The highest BCUT2D eigenvalue weighted by atomic mass is 32.1. The van der Waals surface area contributed by atoms with Gasteiger partial charge in [0, 0.05) is 24.6 Å². The summed E-state index contributed by atoms with van der Waals surface area (Å²) in [5, 5.41) is 0. The van der Waals surface area contributed by atoms with Crippen LogP contribution in [0.25, 0.3) is 10.2 Å². The first-order valence-corrected chi connectivity index (χ1v) is 9.94. The summed E-state index contributed by atoms with van der Waals surface area (Å²) < 4.78 is 2.92. The predicted molar refractivity (Wildman–Crippen MR) is 106 cm³/mol. The normalized spacial score (nSPS) is 16.2. The molecule has 0 amide bonds. The van der Waals surface area contributed by atoms with Gasteiger partial charge < -0.3 is 4.90 Å². The molecule has 0 N–H and O–H groups in total. The molecule has 0 radical (unpaired) electrons. The van der Waals surface area contributed by atoms with Gasteiger partial charge in [0.1, 0.15) is 0 Å². The molecule has 1 aromatic heterocycles. The van der Waals surface area contributed by atoms with E-state index in [-0.39, 0.29) is 16.6 Å². The molecule has 0 spiro atoms. The van der Waals surface area contributed by atoms with Crippen LogP contribution in [-0.2, 0) is 6.54 Å². The van der Waals surface area contributed by atoms with E-state index in [1.807, 2.05) is 59.2 Å². The molecule has 0 aliphatic carbocycles. The fourth-order valence-corrected chi connectivity index (χ4v) is 4.64. The zero-order chi connectivity index (χ0) is 17.9. The number of fused-ring (bicyclic) bond motifs is 1. The van der Waals surface area contributed by atoms with Gasteiger partial charge in [0.25, 0.3) is 0 Å². The van der Waals surface area contributed by atoms with Crippen LogP contribution in [0.4, 0.5) is 0 Å². The zero-order valence-corrected chi connectivity index (χ0v) is 15.5. The highest BCUT2D eigenvalue weighted by Gasteiger charge is 2.25. The van der Waals surface area contributed by atoms with E-state index in [1.54, 1.807) is 0 Å². The lowest BCUT2D eigenvalue weighted by Gasteiger charge is -2.31. The van der Waals surface area contributed by atoms with Gasteiger partial charge in [-0.2, -0.15) is 0 Å². The Kier molecular flexibility index (Phi) is 5.00. The summed E-state index contributed by atoms with van der Waals surface area (Å²) in [4.78, 5) is 27.3. The van der Waals surface area contributed by atoms with Gasteiger partial charge >= 0.3 is 4.87 Å². The SMILES string of the molecule is O=C(c1ccccc1)C1CCN(CCn2c(=O)sc3ccccc32)CC1. The monoisotopic (exact) mass is 366 g/mol. The van der Waals surface area contributed by atoms with E-state index in [2.05, 4.69) is 4.90 Å². The highest BCUT2D eigenvalue weighted by Crippen LogP contribution is 2.22. The summed E-state index contributed by atoms with van der Waals surface area (Å²) in [6, 6.07) is 17.6. The average Bonchev–Trinajstić information content (AvgIpc) is 3.02. The van der Waals surface area contributed by atoms with Crippen molar-refractivity contribution in [1.82, 2.24) is 9.47 Å². The fourth-order valence-electron chi connectivity index (χ4n) is 3.72. The third kappa shape index (κ3) is 3.50. The number of benzene rings is 2. The Balaban J connectivity index is 1.35.